The van der Waals surface area contributed by atoms with E-state index in [2.05, 4.69) is 9.72 Å². The highest BCUT2D eigenvalue weighted by molar-refractivity contribution is 7.09. The zero-order valence-corrected chi connectivity index (χ0v) is 12.4. The standard InChI is InChI=1S/C15H17NO3S/c1-18-13-7-4-3-6-11(13)12-10-20-14(16-12)8-5-9-15(17)19-2/h3-4,6-7,10H,5,8-9H2,1-2H3. The van der Waals surface area contributed by atoms with Crippen LogP contribution in [0, 0.1) is 0 Å². The smallest absolute Gasteiger partial charge is 0.305 e. The molecule has 0 fully saturated rings. The van der Waals surface area contributed by atoms with E-state index in [1.165, 1.54) is 7.11 Å². The molecule has 0 radical (unpaired) electrons. The summed E-state index contributed by atoms with van der Waals surface area (Å²) in [5.41, 5.74) is 1.91. The number of para-hydroxylation sites is 1. The fourth-order valence-electron chi connectivity index (χ4n) is 1.89. The molecule has 0 spiro atoms. The number of carbonyl (C=O) groups excluding carboxylic acids is 1. The number of aromatic nitrogens is 1. The number of ether oxygens (including phenoxy) is 2. The molecule has 106 valence electrons. The van der Waals surface area contributed by atoms with E-state index in [1.54, 1.807) is 18.4 Å². The Morgan fingerprint density at radius 1 is 1.30 bits per heavy atom. The quantitative estimate of drug-likeness (QED) is 0.766. The minimum Gasteiger partial charge on any atom is -0.496 e. The first-order valence-electron chi connectivity index (χ1n) is 6.39. The largest absolute Gasteiger partial charge is 0.496 e. The number of nitrogens with zero attached hydrogens (tertiary/aromatic N) is 1. The Bertz CT molecular complexity index is 580. The van der Waals surface area contributed by atoms with Gasteiger partial charge in [0.2, 0.25) is 0 Å². The molecule has 1 heterocycles. The second-order valence-corrected chi connectivity index (χ2v) is 5.20. The van der Waals surface area contributed by atoms with Crippen LogP contribution in [-0.4, -0.2) is 25.2 Å². The SMILES string of the molecule is COC(=O)CCCc1nc(-c2ccccc2OC)cs1. The summed E-state index contributed by atoms with van der Waals surface area (Å²) >= 11 is 1.60. The first-order valence-corrected chi connectivity index (χ1v) is 7.27. The Morgan fingerprint density at radius 3 is 2.85 bits per heavy atom. The van der Waals surface area contributed by atoms with Crippen molar-refractivity contribution in [1.29, 1.82) is 0 Å². The molecule has 0 amide bonds. The van der Waals surface area contributed by atoms with Gasteiger partial charge in [0.25, 0.3) is 0 Å². The van der Waals surface area contributed by atoms with E-state index in [9.17, 15) is 4.79 Å². The van der Waals surface area contributed by atoms with E-state index in [-0.39, 0.29) is 5.97 Å². The van der Waals surface area contributed by atoms with Crippen LogP contribution in [0.1, 0.15) is 17.8 Å². The van der Waals surface area contributed by atoms with Crippen LogP contribution in [-0.2, 0) is 16.0 Å². The van der Waals surface area contributed by atoms with Gasteiger partial charge in [0.15, 0.2) is 0 Å². The first-order chi connectivity index (χ1) is 9.74. The normalized spacial score (nSPS) is 10.3. The van der Waals surface area contributed by atoms with Crippen LogP contribution in [0.5, 0.6) is 5.75 Å². The summed E-state index contributed by atoms with van der Waals surface area (Å²) in [6.45, 7) is 0. The van der Waals surface area contributed by atoms with Crippen LogP contribution < -0.4 is 4.74 Å². The van der Waals surface area contributed by atoms with Crippen molar-refractivity contribution in [3.05, 3.63) is 34.7 Å². The number of hydrogen-bond acceptors (Lipinski definition) is 5. The predicted molar refractivity (Wildman–Crippen MR) is 79.1 cm³/mol. The molecule has 0 atom stereocenters. The van der Waals surface area contributed by atoms with Crippen molar-refractivity contribution in [1.82, 2.24) is 4.98 Å². The van der Waals surface area contributed by atoms with Gasteiger partial charge in [-0.05, 0) is 25.0 Å². The molecule has 4 nitrogen and oxygen atoms in total. The van der Waals surface area contributed by atoms with Gasteiger partial charge in [0.05, 0.1) is 24.9 Å². The van der Waals surface area contributed by atoms with Gasteiger partial charge >= 0.3 is 5.97 Å². The van der Waals surface area contributed by atoms with E-state index in [1.807, 2.05) is 29.6 Å². The highest BCUT2D eigenvalue weighted by Crippen LogP contribution is 2.30. The molecule has 0 N–H and O–H groups in total. The lowest BCUT2D eigenvalue weighted by molar-refractivity contribution is -0.140. The third-order valence-corrected chi connectivity index (χ3v) is 3.84. The molecule has 0 unspecified atom stereocenters. The average Bonchev–Trinajstić information content (AvgIpc) is 2.95. The molecular weight excluding hydrogens is 274 g/mol. The van der Waals surface area contributed by atoms with Gasteiger partial charge in [0.1, 0.15) is 5.75 Å². The van der Waals surface area contributed by atoms with Crippen molar-refractivity contribution in [2.45, 2.75) is 19.3 Å². The summed E-state index contributed by atoms with van der Waals surface area (Å²) in [5, 5.41) is 3.04. The topological polar surface area (TPSA) is 48.4 Å². The lowest BCUT2D eigenvalue weighted by Gasteiger charge is -2.04. The summed E-state index contributed by atoms with van der Waals surface area (Å²) in [5.74, 6) is 0.644. The summed E-state index contributed by atoms with van der Waals surface area (Å²) in [6.07, 6.45) is 1.97. The molecule has 20 heavy (non-hydrogen) atoms. The van der Waals surface area contributed by atoms with Crippen molar-refractivity contribution in [2.75, 3.05) is 14.2 Å². The molecule has 0 aliphatic rings. The maximum Gasteiger partial charge on any atom is 0.305 e. The predicted octanol–water partition coefficient (Wildman–Crippen LogP) is 3.31. The maximum absolute atomic E-state index is 11.1. The monoisotopic (exact) mass is 291 g/mol. The summed E-state index contributed by atoms with van der Waals surface area (Å²) in [7, 11) is 3.06. The van der Waals surface area contributed by atoms with Crippen molar-refractivity contribution in [3.8, 4) is 17.0 Å². The number of carbonyl (C=O) groups is 1. The van der Waals surface area contributed by atoms with Crippen molar-refractivity contribution >= 4 is 17.3 Å². The summed E-state index contributed by atoms with van der Waals surface area (Å²) in [4.78, 5) is 15.7. The molecular formula is C15H17NO3S. The Labute approximate surface area is 122 Å². The highest BCUT2D eigenvalue weighted by Gasteiger charge is 2.09. The van der Waals surface area contributed by atoms with Gasteiger partial charge in [-0.25, -0.2) is 4.98 Å². The Hall–Kier alpha value is -1.88. The molecule has 0 saturated carbocycles. The number of esters is 1. The van der Waals surface area contributed by atoms with Crippen LogP contribution in [0.2, 0.25) is 0 Å². The molecule has 0 aliphatic carbocycles. The van der Waals surface area contributed by atoms with Gasteiger partial charge in [-0.3, -0.25) is 4.79 Å². The maximum atomic E-state index is 11.1. The van der Waals surface area contributed by atoms with E-state index in [4.69, 9.17) is 4.74 Å². The van der Waals surface area contributed by atoms with E-state index in [0.29, 0.717) is 6.42 Å². The zero-order chi connectivity index (χ0) is 14.4. The average molecular weight is 291 g/mol. The minimum atomic E-state index is -0.175. The van der Waals surface area contributed by atoms with Crippen molar-refractivity contribution in [2.24, 2.45) is 0 Å². The third kappa shape index (κ3) is 3.57. The third-order valence-electron chi connectivity index (χ3n) is 2.93. The molecule has 2 rings (SSSR count). The first kappa shape index (κ1) is 14.5. The molecule has 0 bridgehead atoms. The van der Waals surface area contributed by atoms with E-state index in [0.717, 1.165) is 34.9 Å². The lowest BCUT2D eigenvalue weighted by atomic mass is 10.1. The Balaban J connectivity index is 2.03. The van der Waals surface area contributed by atoms with Gasteiger partial charge in [0, 0.05) is 17.4 Å². The van der Waals surface area contributed by atoms with Gasteiger partial charge in [-0.1, -0.05) is 12.1 Å². The van der Waals surface area contributed by atoms with E-state index < -0.39 is 0 Å². The number of thiazole rings is 1. The minimum absolute atomic E-state index is 0.175. The van der Waals surface area contributed by atoms with Crippen LogP contribution in [0.4, 0.5) is 0 Å². The summed E-state index contributed by atoms with van der Waals surface area (Å²) < 4.78 is 9.96. The van der Waals surface area contributed by atoms with Crippen LogP contribution in [0.3, 0.4) is 0 Å². The fourth-order valence-corrected chi connectivity index (χ4v) is 2.73. The molecule has 2 aromatic rings. The molecule has 5 heteroatoms. The highest BCUT2D eigenvalue weighted by atomic mass is 32.1. The number of hydrogen-bond donors (Lipinski definition) is 0. The van der Waals surface area contributed by atoms with Crippen LogP contribution in [0.15, 0.2) is 29.6 Å². The van der Waals surface area contributed by atoms with Crippen LogP contribution >= 0.6 is 11.3 Å². The lowest BCUT2D eigenvalue weighted by Crippen LogP contribution is -2.00. The fraction of sp³-hybridized carbons (Fsp3) is 0.333. The van der Waals surface area contributed by atoms with Gasteiger partial charge in [-0.15, -0.1) is 11.3 Å². The summed E-state index contributed by atoms with van der Waals surface area (Å²) in [6, 6.07) is 7.82. The Morgan fingerprint density at radius 2 is 2.10 bits per heavy atom. The second-order valence-electron chi connectivity index (χ2n) is 4.26. The zero-order valence-electron chi connectivity index (χ0n) is 11.6. The number of aryl methyl sites for hydroxylation is 1. The molecule has 0 aliphatic heterocycles. The molecule has 0 saturated heterocycles. The number of benzene rings is 1. The second kappa shape index (κ2) is 7.05. The van der Waals surface area contributed by atoms with E-state index >= 15 is 0 Å². The molecule has 1 aromatic carbocycles. The number of rotatable bonds is 6. The van der Waals surface area contributed by atoms with Crippen molar-refractivity contribution < 1.29 is 14.3 Å². The van der Waals surface area contributed by atoms with Gasteiger partial charge in [-0.2, -0.15) is 0 Å². The van der Waals surface area contributed by atoms with Gasteiger partial charge < -0.3 is 9.47 Å². The van der Waals surface area contributed by atoms with Crippen LogP contribution in [0.25, 0.3) is 11.3 Å². The van der Waals surface area contributed by atoms with Crippen molar-refractivity contribution in [3.63, 3.8) is 0 Å². The Kier molecular flexibility index (Phi) is 5.12. The number of methoxy groups -OCH3 is 2. The molecule has 1 aromatic heterocycles.